The Morgan fingerprint density at radius 1 is 1.30 bits per heavy atom. The molecule has 1 aromatic rings. The van der Waals surface area contributed by atoms with Crippen LogP contribution in [0.4, 0.5) is 5.00 Å². The molecule has 0 radical (unpaired) electrons. The van der Waals surface area contributed by atoms with Crippen molar-refractivity contribution < 1.29 is 26.7 Å². The first-order chi connectivity index (χ1) is 14.1. The van der Waals surface area contributed by atoms with E-state index in [2.05, 4.69) is 19.8 Å². The first-order valence-corrected chi connectivity index (χ1v) is 13.7. The standard InChI is InChI=1S/C17H22N4O6S3/c1-29(24,25)18-7-9-8-28-17-14(9)30(26,27)21-15(20-17)12-13(22)10-5-3-2-4-6-11(10)19-16(12)23/h8,10-11,18,22H,2-7H2,1H3,(H,19,23)(H,20,21)/t10-,11+/m1/s1. The van der Waals surface area contributed by atoms with E-state index in [1.165, 1.54) is 5.38 Å². The molecule has 0 unspecified atom stereocenters. The molecule has 3 aliphatic rings. The quantitative estimate of drug-likeness (QED) is 0.511. The third-order valence-corrected chi connectivity index (χ3v) is 8.59. The van der Waals surface area contributed by atoms with Gasteiger partial charge in [-0.3, -0.25) is 4.79 Å². The number of carbonyl (C=O) groups excluding carboxylic acids is 1. The summed E-state index contributed by atoms with van der Waals surface area (Å²) < 4.78 is 54.4. The largest absolute Gasteiger partial charge is 0.511 e. The first-order valence-electron chi connectivity index (χ1n) is 9.48. The number of amidine groups is 1. The number of carbonyl (C=O) groups is 1. The minimum Gasteiger partial charge on any atom is -0.511 e. The van der Waals surface area contributed by atoms with E-state index >= 15 is 0 Å². The molecule has 1 amide bonds. The fourth-order valence-electron chi connectivity index (χ4n) is 4.07. The van der Waals surface area contributed by atoms with E-state index in [9.17, 15) is 26.7 Å². The van der Waals surface area contributed by atoms with Crippen LogP contribution in [0.25, 0.3) is 0 Å². The lowest BCUT2D eigenvalue weighted by Crippen LogP contribution is -2.48. The second-order valence-corrected chi connectivity index (χ2v) is 11.9. The van der Waals surface area contributed by atoms with Gasteiger partial charge in [0.05, 0.1) is 6.26 Å². The molecule has 4 rings (SSSR count). The molecule has 4 N–H and O–H groups in total. The fourth-order valence-corrected chi connectivity index (χ4v) is 7.09. The van der Waals surface area contributed by atoms with Gasteiger partial charge in [-0.1, -0.05) is 19.3 Å². The normalized spacial score (nSPS) is 26.0. The minimum atomic E-state index is -4.20. The van der Waals surface area contributed by atoms with Crippen LogP contribution in [-0.2, 0) is 31.4 Å². The number of amides is 1. The van der Waals surface area contributed by atoms with Gasteiger partial charge in [-0.05, 0) is 18.2 Å². The maximum atomic E-state index is 12.8. The number of aliphatic hydroxyl groups is 1. The summed E-state index contributed by atoms with van der Waals surface area (Å²) in [4.78, 5) is 12.6. The van der Waals surface area contributed by atoms with Crippen molar-refractivity contribution in [2.75, 3.05) is 11.6 Å². The lowest BCUT2D eigenvalue weighted by atomic mass is 9.86. The van der Waals surface area contributed by atoms with Crippen LogP contribution < -0.4 is 15.4 Å². The molecule has 10 nitrogen and oxygen atoms in total. The molecule has 13 heteroatoms. The fraction of sp³-hybridized carbons (Fsp3) is 0.529. The molecule has 0 aromatic carbocycles. The van der Waals surface area contributed by atoms with Crippen LogP contribution in [0.15, 0.2) is 26.0 Å². The Hall–Kier alpha value is -1.96. The van der Waals surface area contributed by atoms with Gasteiger partial charge in [0.15, 0.2) is 5.84 Å². The lowest BCUT2D eigenvalue weighted by molar-refractivity contribution is -0.119. The van der Waals surface area contributed by atoms with Crippen molar-refractivity contribution in [3.63, 3.8) is 0 Å². The predicted molar refractivity (Wildman–Crippen MR) is 112 cm³/mol. The Labute approximate surface area is 178 Å². The molecule has 164 valence electrons. The second-order valence-electron chi connectivity index (χ2n) is 7.64. The zero-order valence-electron chi connectivity index (χ0n) is 16.1. The molecule has 0 spiro atoms. The predicted octanol–water partition coefficient (Wildman–Crippen LogP) is 1.20. The van der Waals surface area contributed by atoms with E-state index in [1.54, 1.807) is 0 Å². The molecule has 3 heterocycles. The van der Waals surface area contributed by atoms with E-state index in [-0.39, 0.29) is 51.1 Å². The molecule has 2 atom stereocenters. The van der Waals surface area contributed by atoms with Gasteiger partial charge in [0.25, 0.3) is 15.9 Å². The van der Waals surface area contributed by atoms with Gasteiger partial charge in [-0.2, -0.15) is 8.42 Å². The van der Waals surface area contributed by atoms with Crippen LogP contribution in [0, 0.1) is 5.92 Å². The molecular formula is C17H22N4O6S3. The van der Waals surface area contributed by atoms with Crippen molar-refractivity contribution in [2.45, 2.75) is 49.6 Å². The highest BCUT2D eigenvalue weighted by atomic mass is 32.2. The first kappa shape index (κ1) is 21.3. The summed E-state index contributed by atoms with van der Waals surface area (Å²) >= 11 is 1.06. The van der Waals surface area contributed by atoms with Crippen molar-refractivity contribution in [3.05, 3.63) is 22.3 Å². The number of nitrogens with one attached hydrogen (secondary N) is 3. The number of hydrogen-bond acceptors (Lipinski definition) is 8. The Bertz CT molecular complexity index is 1170. The summed E-state index contributed by atoms with van der Waals surface area (Å²) in [7, 11) is -7.71. The number of aliphatic hydroxyl groups excluding tert-OH is 1. The third kappa shape index (κ3) is 3.98. The van der Waals surface area contributed by atoms with Gasteiger partial charge in [-0.25, -0.2) is 13.1 Å². The Balaban J connectivity index is 1.71. The van der Waals surface area contributed by atoms with E-state index in [0.717, 1.165) is 43.3 Å². The number of fused-ring (bicyclic) bond motifs is 2. The molecule has 2 aliphatic heterocycles. The van der Waals surface area contributed by atoms with Gasteiger partial charge < -0.3 is 15.7 Å². The molecule has 0 bridgehead atoms. The van der Waals surface area contributed by atoms with Crippen LogP contribution in [0.3, 0.4) is 0 Å². The van der Waals surface area contributed by atoms with E-state index in [0.29, 0.717) is 6.42 Å². The highest BCUT2D eigenvalue weighted by Gasteiger charge is 2.41. The molecule has 30 heavy (non-hydrogen) atoms. The highest BCUT2D eigenvalue weighted by Crippen LogP contribution is 2.39. The number of anilines is 1. The second kappa shape index (κ2) is 7.62. The summed E-state index contributed by atoms with van der Waals surface area (Å²) in [6.07, 6.45) is 5.33. The zero-order chi connectivity index (χ0) is 21.7. The number of nitrogens with zero attached hydrogens (tertiary/aromatic N) is 1. The van der Waals surface area contributed by atoms with Crippen LogP contribution in [0.1, 0.15) is 37.7 Å². The zero-order valence-corrected chi connectivity index (χ0v) is 18.6. The third-order valence-electron chi connectivity index (χ3n) is 5.45. The number of thiophene rings is 1. The highest BCUT2D eigenvalue weighted by molar-refractivity contribution is 7.91. The van der Waals surface area contributed by atoms with Crippen LogP contribution >= 0.6 is 11.3 Å². The molecule has 1 aliphatic carbocycles. The van der Waals surface area contributed by atoms with Crippen LogP contribution in [0.5, 0.6) is 0 Å². The van der Waals surface area contributed by atoms with Crippen molar-refractivity contribution in [1.82, 2.24) is 10.0 Å². The summed E-state index contributed by atoms with van der Waals surface area (Å²) in [6, 6.07) is -0.171. The maximum Gasteiger partial charge on any atom is 0.287 e. The minimum absolute atomic E-state index is 0.129. The van der Waals surface area contributed by atoms with Gasteiger partial charge in [0, 0.05) is 24.1 Å². The van der Waals surface area contributed by atoms with Crippen LogP contribution in [-0.4, -0.2) is 46.0 Å². The smallest absolute Gasteiger partial charge is 0.287 e. The average molecular weight is 475 g/mol. The van der Waals surface area contributed by atoms with E-state index < -0.39 is 26.0 Å². The lowest BCUT2D eigenvalue weighted by Gasteiger charge is -2.32. The summed E-state index contributed by atoms with van der Waals surface area (Å²) in [5, 5.41) is 18.3. The number of hydrogen-bond donors (Lipinski definition) is 4. The topological polar surface area (TPSA) is 154 Å². The van der Waals surface area contributed by atoms with Gasteiger partial charge in [0.2, 0.25) is 10.0 Å². The van der Waals surface area contributed by atoms with Crippen LogP contribution in [0.2, 0.25) is 0 Å². The Kier molecular flexibility index (Phi) is 5.41. The monoisotopic (exact) mass is 474 g/mol. The van der Waals surface area contributed by atoms with Crippen molar-refractivity contribution in [1.29, 1.82) is 0 Å². The summed E-state index contributed by atoms with van der Waals surface area (Å²) in [6.45, 7) is -0.200. The van der Waals surface area contributed by atoms with Crippen molar-refractivity contribution in [2.24, 2.45) is 10.3 Å². The molecular weight excluding hydrogens is 452 g/mol. The molecule has 1 fully saturated rings. The summed E-state index contributed by atoms with van der Waals surface area (Å²) in [5.74, 6) is -1.18. The number of sulfonamides is 2. The van der Waals surface area contributed by atoms with Gasteiger partial charge in [0.1, 0.15) is 21.2 Å². The Morgan fingerprint density at radius 3 is 2.77 bits per heavy atom. The number of rotatable bonds is 4. The maximum absolute atomic E-state index is 12.8. The average Bonchev–Trinajstić information content (AvgIpc) is 2.90. The molecule has 1 saturated carbocycles. The molecule has 1 aromatic heterocycles. The SMILES string of the molecule is CS(=O)(=O)NCc1csc2c1S(=O)(=O)N=C(C1=C(O)[C@@H]3CCCCC[C@@H]3NC1=O)N2. The van der Waals surface area contributed by atoms with Gasteiger partial charge in [-0.15, -0.1) is 15.7 Å². The summed E-state index contributed by atoms with van der Waals surface area (Å²) in [5.41, 5.74) is 0.0995. The van der Waals surface area contributed by atoms with E-state index in [4.69, 9.17) is 0 Å². The van der Waals surface area contributed by atoms with E-state index in [1.807, 2.05) is 0 Å². The van der Waals surface area contributed by atoms with Crippen molar-refractivity contribution >= 4 is 48.1 Å². The van der Waals surface area contributed by atoms with Crippen molar-refractivity contribution in [3.8, 4) is 0 Å². The van der Waals surface area contributed by atoms with Gasteiger partial charge >= 0.3 is 0 Å². The Morgan fingerprint density at radius 2 is 2.03 bits per heavy atom. The molecule has 0 saturated heterocycles.